The summed E-state index contributed by atoms with van der Waals surface area (Å²) in [6.07, 6.45) is 4.80. The Kier molecular flexibility index (Phi) is 7.29. The number of primary amides is 1. The van der Waals surface area contributed by atoms with Gasteiger partial charge in [0, 0.05) is 13.1 Å². The molecule has 1 aliphatic carbocycles. The number of amides is 2. The maximum Gasteiger partial charge on any atom is 0.262 e. The summed E-state index contributed by atoms with van der Waals surface area (Å²) in [7, 11) is -2.19. The maximum absolute atomic E-state index is 13.2. The van der Waals surface area contributed by atoms with Gasteiger partial charge in [-0.05, 0) is 37.1 Å². The van der Waals surface area contributed by atoms with Crippen LogP contribution in [0.1, 0.15) is 42.5 Å². The number of carbonyl (C=O) groups is 2. The number of benzene rings is 2. The van der Waals surface area contributed by atoms with Gasteiger partial charge >= 0.3 is 0 Å². The van der Waals surface area contributed by atoms with Crippen LogP contribution in [-0.4, -0.2) is 44.2 Å². The van der Waals surface area contributed by atoms with Crippen LogP contribution < -0.4 is 15.8 Å². The van der Waals surface area contributed by atoms with Crippen LogP contribution in [0.5, 0.6) is 5.75 Å². The lowest BCUT2D eigenvalue weighted by atomic mass is 9.96. The number of nitrogens with two attached hydrogens (primary N) is 1. The summed E-state index contributed by atoms with van der Waals surface area (Å²) in [5.74, 6) is -1.04. The zero-order valence-corrected chi connectivity index (χ0v) is 18.2. The minimum absolute atomic E-state index is 0.0361. The van der Waals surface area contributed by atoms with Crippen LogP contribution in [0.15, 0.2) is 53.4 Å². The number of nitrogens with zero attached hydrogens (tertiary/aromatic N) is 1. The molecule has 3 N–H and O–H groups in total. The van der Waals surface area contributed by atoms with E-state index in [1.54, 1.807) is 31.3 Å². The highest BCUT2D eigenvalue weighted by Gasteiger charge is 2.31. The number of hydrogen-bond acceptors (Lipinski definition) is 5. The van der Waals surface area contributed by atoms with Crippen molar-refractivity contribution in [1.29, 1.82) is 0 Å². The van der Waals surface area contributed by atoms with Crippen molar-refractivity contribution in [2.75, 3.05) is 19.0 Å². The van der Waals surface area contributed by atoms with Crippen LogP contribution >= 0.6 is 0 Å². The molecule has 9 heteroatoms. The third-order valence-electron chi connectivity index (χ3n) is 5.42. The fourth-order valence-corrected chi connectivity index (χ4v) is 5.28. The summed E-state index contributed by atoms with van der Waals surface area (Å²) < 4.78 is 33.3. The monoisotopic (exact) mass is 445 g/mol. The molecule has 0 saturated heterocycles. The Bertz CT molecular complexity index is 1050. The molecule has 166 valence electrons. The van der Waals surface area contributed by atoms with E-state index in [1.807, 2.05) is 0 Å². The van der Waals surface area contributed by atoms with Crippen LogP contribution in [0.4, 0.5) is 5.69 Å². The summed E-state index contributed by atoms with van der Waals surface area (Å²) in [6, 6.07) is 12.6. The summed E-state index contributed by atoms with van der Waals surface area (Å²) in [6.45, 7) is -0.406. The molecule has 0 heterocycles. The maximum atomic E-state index is 13.2. The first-order valence-corrected chi connectivity index (χ1v) is 11.6. The molecule has 0 aliphatic heterocycles. The van der Waals surface area contributed by atoms with Gasteiger partial charge in [0.05, 0.1) is 11.3 Å². The minimum Gasteiger partial charge on any atom is -0.483 e. The summed E-state index contributed by atoms with van der Waals surface area (Å²) in [4.78, 5) is 24.0. The third kappa shape index (κ3) is 5.42. The van der Waals surface area contributed by atoms with E-state index in [0.29, 0.717) is 0 Å². The minimum atomic E-state index is -3.78. The average molecular weight is 446 g/mol. The summed E-state index contributed by atoms with van der Waals surface area (Å²) in [5.41, 5.74) is 5.65. The first-order valence-electron chi connectivity index (χ1n) is 10.2. The lowest BCUT2D eigenvalue weighted by Crippen LogP contribution is -2.38. The van der Waals surface area contributed by atoms with Crippen LogP contribution in [-0.2, 0) is 14.8 Å². The number of ether oxygens (including phenoxy) is 1. The quantitative estimate of drug-likeness (QED) is 0.648. The van der Waals surface area contributed by atoms with Gasteiger partial charge < -0.3 is 15.8 Å². The van der Waals surface area contributed by atoms with Crippen LogP contribution in [0, 0.1) is 0 Å². The highest BCUT2D eigenvalue weighted by molar-refractivity contribution is 7.89. The summed E-state index contributed by atoms with van der Waals surface area (Å²) >= 11 is 0. The Balaban J connectivity index is 1.73. The van der Waals surface area contributed by atoms with Crippen LogP contribution in [0.3, 0.4) is 0 Å². The van der Waals surface area contributed by atoms with Crippen LogP contribution in [0.2, 0.25) is 0 Å². The number of sulfonamides is 1. The molecule has 0 atom stereocenters. The molecule has 8 nitrogen and oxygen atoms in total. The molecule has 0 spiro atoms. The first-order chi connectivity index (χ1) is 14.8. The molecule has 0 radical (unpaired) electrons. The SMILES string of the molecule is CN(C1CCCCC1)S(=O)(=O)c1ccccc1NC(=O)COc1ccccc1C(N)=O. The molecule has 0 aromatic heterocycles. The second-order valence-electron chi connectivity index (χ2n) is 7.51. The number of anilines is 1. The molecular weight excluding hydrogens is 418 g/mol. The Morgan fingerprint density at radius 3 is 2.42 bits per heavy atom. The molecule has 0 bridgehead atoms. The van der Waals surface area contributed by atoms with Crippen molar-refractivity contribution in [3.8, 4) is 5.75 Å². The van der Waals surface area contributed by atoms with E-state index < -0.39 is 28.4 Å². The van der Waals surface area contributed by atoms with Gasteiger partial charge in [0.1, 0.15) is 10.6 Å². The number of rotatable bonds is 8. The summed E-state index contributed by atoms with van der Waals surface area (Å²) in [5, 5.41) is 2.61. The average Bonchev–Trinajstić information content (AvgIpc) is 2.78. The third-order valence-corrected chi connectivity index (χ3v) is 7.39. The number of nitrogens with one attached hydrogen (secondary N) is 1. The standard InChI is InChI=1S/C22H27N3O5S/c1-25(16-9-3-2-4-10-16)31(28,29)20-14-8-6-12-18(20)24-21(26)15-30-19-13-7-5-11-17(19)22(23)27/h5-8,11-14,16H,2-4,9-10,15H2,1H3,(H2,23,27)(H,24,26). The molecule has 3 rings (SSSR count). The van der Waals surface area contributed by atoms with Gasteiger partial charge in [0.2, 0.25) is 10.0 Å². The second kappa shape index (κ2) is 9.93. The fraction of sp³-hybridized carbons (Fsp3) is 0.364. The first kappa shape index (κ1) is 22.8. The van der Waals surface area contributed by atoms with Crippen molar-refractivity contribution < 1.29 is 22.7 Å². The lowest BCUT2D eigenvalue weighted by molar-refractivity contribution is -0.118. The van der Waals surface area contributed by atoms with E-state index in [2.05, 4.69) is 5.32 Å². The Morgan fingerprint density at radius 2 is 1.71 bits per heavy atom. The molecule has 2 aromatic rings. The topological polar surface area (TPSA) is 119 Å². The Labute approximate surface area is 182 Å². The predicted octanol–water partition coefficient (Wildman–Crippen LogP) is 2.76. The van der Waals surface area contributed by atoms with E-state index in [9.17, 15) is 18.0 Å². The number of para-hydroxylation sites is 2. The van der Waals surface area contributed by atoms with Crippen molar-refractivity contribution in [3.05, 3.63) is 54.1 Å². The van der Waals surface area contributed by atoms with Crippen molar-refractivity contribution in [1.82, 2.24) is 4.31 Å². The van der Waals surface area contributed by atoms with Crippen molar-refractivity contribution in [2.24, 2.45) is 5.73 Å². The molecule has 31 heavy (non-hydrogen) atoms. The highest BCUT2D eigenvalue weighted by Crippen LogP contribution is 2.29. The van der Waals surface area contributed by atoms with Gasteiger partial charge in [0.25, 0.3) is 11.8 Å². The lowest BCUT2D eigenvalue weighted by Gasteiger charge is -2.30. The molecule has 1 saturated carbocycles. The van der Waals surface area contributed by atoms with E-state index >= 15 is 0 Å². The smallest absolute Gasteiger partial charge is 0.262 e. The molecule has 0 unspecified atom stereocenters. The molecule has 2 aromatic carbocycles. The molecule has 1 fully saturated rings. The highest BCUT2D eigenvalue weighted by atomic mass is 32.2. The number of carbonyl (C=O) groups excluding carboxylic acids is 2. The predicted molar refractivity (Wildman–Crippen MR) is 117 cm³/mol. The van der Waals surface area contributed by atoms with Gasteiger partial charge in [-0.15, -0.1) is 0 Å². The van der Waals surface area contributed by atoms with E-state index in [0.717, 1.165) is 32.1 Å². The van der Waals surface area contributed by atoms with E-state index in [4.69, 9.17) is 10.5 Å². The second-order valence-corrected chi connectivity index (χ2v) is 9.47. The van der Waals surface area contributed by atoms with Gasteiger partial charge in [0.15, 0.2) is 6.61 Å². The van der Waals surface area contributed by atoms with Crippen molar-refractivity contribution in [3.63, 3.8) is 0 Å². The van der Waals surface area contributed by atoms with E-state index in [1.165, 1.54) is 28.6 Å². The van der Waals surface area contributed by atoms with E-state index in [-0.39, 0.29) is 27.9 Å². The largest absolute Gasteiger partial charge is 0.483 e. The fourth-order valence-electron chi connectivity index (χ4n) is 3.72. The van der Waals surface area contributed by atoms with Gasteiger partial charge in [-0.1, -0.05) is 43.5 Å². The Morgan fingerprint density at radius 1 is 1.06 bits per heavy atom. The molecular formula is C22H27N3O5S. The van der Waals surface area contributed by atoms with Gasteiger partial charge in [-0.25, -0.2) is 8.42 Å². The van der Waals surface area contributed by atoms with Crippen molar-refractivity contribution in [2.45, 2.75) is 43.0 Å². The normalized spacial score (nSPS) is 14.9. The van der Waals surface area contributed by atoms with Gasteiger partial charge in [-0.3, -0.25) is 9.59 Å². The number of hydrogen-bond donors (Lipinski definition) is 2. The van der Waals surface area contributed by atoms with Crippen molar-refractivity contribution >= 4 is 27.5 Å². The zero-order valence-electron chi connectivity index (χ0n) is 17.4. The Hall–Kier alpha value is -2.91. The molecule has 1 aliphatic rings. The van der Waals surface area contributed by atoms with Gasteiger partial charge in [-0.2, -0.15) is 4.31 Å². The molecule has 2 amide bonds. The van der Waals surface area contributed by atoms with Crippen LogP contribution in [0.25, 0.3) is 0 Å². The zero-order chi connectivity index (χ0) is 22.4.